The van der Waals surface area contributed by atoms with E-state index in [1.807, 2.05) is 60.7 Å². The second kappa shape index (κ2) is 6.65. The van der Waals surface area contributed by atoms with Crippen LogP contribution in [0.1, 0.15) is 0 Å². The first-order valence-electron chi connectivity index (χ1n) is 8.04. The molecule has 2 aromatic carbocycles. The van der Waals surface area contributed by atoms with E-state index in [1.165, 1.54) is 12.1 Å². The molecule has 0 amide bonds. The monoisotopic (exact) mass is 326 g/mol. The van der Waals surface area contributed by atoms with Gasteiger partial charge in [-0.2, -0.15) is 0 Å². The fraction of sp³-hybridized carbons (Fsp3) is 0. The lowest BCUT2D eigenvalue weighted by Gasteiger charge is -2.09. The predicted octanol–water partition coefficient (Wildman–Crippen LogP) is 5.62. The highest BCUT2D eigenvalue weighted by molar-refractivity contribution is 5.75. The van der Waals surface area contributed by atoms with E-state index in [4.69, 9.17) is 4.98 Å². The largest absolute Gasteiger partial charge is 0.255 e. The molecular weight excluding hydrogens is 311 g/mol. The molecule has 120 valence electrons. The lowest BCUT2D eigenvalue weighted by molar-refractivity contribution is 0.628. The van der Waals surface area contributed by atoms with E-state index in [0.717, 1.165) is 33.8 Å². The van der Waals surface area contributed by atoms with Crippen molar-refractivity contribution < 1.29 is 4.39 Å². The maximum absolute atomic E-state index is 13.3. The molecule has 0 spiro atoms. The Labute approximate surface area is 145 Å². The molecular formula is C22H15FN2. The SMILES string of the molecule is Fc1ccc(-c2cc(-c3ccccc3)nc(-c3ccccn3)c2)cc1. The highest BCUT2D eigenvalue weighted by atomic mass is 19.1. The minimum Gasteiger partial charge on any atom is -0.255 e. The Morgan fingerprint density at radius 1 is 0.560 bits per heavy atom. The first-order chi connectivity index (χ1) is 12.3. The third kappa shape index (κ3) is 3.31. The Balaban J connectivity index is 1.90. The van der Waals surface area contributed by atoms with Crippen LogP contribution in [0.4, 0.5) is 4.39 Å². The van der Waals surface area contributed by atoms with Gasteiger partial charge in [-0.15, -0.1) is 0 Å². The van der Waals surface area contributed by atoms with Gasteiger partial charge < -0.3 is 0 Å². The maximum atomic E-state index is 13.3. The molecule has 4 aromatic rings. The topological polar surface area (TPSA) is 25.8 Å². The normalized spacial score (nSPS) is 10.6. The summed E-state index contributed by atoms with van der Waals surface area (Å²) < 4.78 is 13.3. The Morgan fingerprint density at radius 3 is 2.00 bits per heavy atom. The predicted molar refractivity (Wildman–Crippen MR) is 98.3 cm³/mol. The van der Waals surface area contributed by atoms with E-state index in [0.29, 0.717) is 0 Å². The van der Waals surface area contributed by atoms with Crippen LogP contribution in [0.5, 0.6) is 0 Å². The van der Waals surface area contributed by atoms with Crippen LogP contribution >= 0.6 is 0 Å². The van der Waals surface area contributed by atoms with Crippen molar-refractivity contribution in [1.82, 2.24) is 9.97 Å². The van der Waals surface area contributed by atoms with E-state index >= 15 is 0 Å². The molecule has 0 aliphatic heterocycles. The van der Waals surface area contributed by atoms with Gasteiger partial charge in [-0.25, -0.2) is 9.37 Å². The molecule has 0 radical (unpaired) electrons. The van der Waals surface area contributed by atoms with Gasteiger partial charge in [-0.1, -0.05) is 48.5 Å². The summed E-state index contributed by atoms with van der Waals surface area (Å²) in [6.45, 7) is 0. The van der Waals surface area contributed by atoms with Gasteiger partial charge in [0.05, 0.1) is 17.1 Å². The number of halogens is 1. The first kappa shape index (κ1) is 15.2. The highest BCUT2D eigenvalue weighted by Gasteiger charge is 2.09. The van der Waals surface area contributed by atoms with Gasteiger partial charge in [0.15, 0.2) is 0 Å². The van der Waals surface area contributed by atoms with Crippen LogP contribution in [0.15, 0.2) is 91.1 Å². The first-order valence-corrected chi connectivity index (χ1v) is 8.04. The average Bonchev–Trinajstić information content (AvgIpc) is 2.69. The van der Waals surface area contributed by atoms with Crippen LogP contribution in [-0.2, 0) is 0 Å². The number of aromatic nitrogens is 2. The molecule has 0 saturated carbocycles. The fourth-order valence-corrected chi connectivity index (χ4v) is 2.74. The number of hydrogen-bond acceptors (Lipinski definition) is 2. The van der Waals surface area contributed by atoms with Gasteiger partial charge in [0, 0.05) is 11.8 Å². The van der Waals surface area contributed by atoms with E-state index in [2.05, 4.69) is 4.98 Å². The second-order valence-electron chi connectivity index (χ2n) is 5.71. The van der Waals surface area contributed by atoms with Crippen LogP contribution in [0.25, 0.3) is 33.8 Å². The van der Waals surface area contributed by atoms with Crippen LogP contribution in [0, 0.1) is 5.82 Å². The summed E-state index contributed by atoms with van der Waals surface area (Å²) in [4.78, 5) is 9.19. The highest BCUT2D eigenvalue weighted by Crippen LogP contribution is 2.29. The van der Waals surface area contributed by atoms with Crippen molar-refractivity contribution in [1.29, 1.82) is 0 Å². The molecule has 2 aromatic heterocycles. The molecule has 2 heterocycles. The van der Waals surface area contributed by atoms with Crippen LogP contribution < -0.4 is 0 Å². The van der Waals surface area contributed by atoms with E-state index in [9.17, 15) is 4.39 Å². The zero-order valence-electron chi connectivity index (χ0n) is 13.4. The number of hydrogen-bond donors (Lipinski definition) is 0. The van der Waals surface area contributed by atoms with Crippen molar-refractivity contribution in [2.75, 3.05) is 0 Å². The summed E-state index contributed by atoms with van der Waals surface area (Å²) in [7, 11) is 0. The van der Waals surface area contributed by atoms with Crippen molar-refractivity contribution in [2.24, 2.45) is 0 Å². The average molecular weight is 326 g/mol. The minimum absolute atomic E-state index is 0.244. The Hall–Kier alpha value is -3.33. The zero-order valence-corrected chi connectivity index (χ0v) is 13.4. The molecule has 2 nitrogen and oxygen atoms in total. The van der Waals surface area contributed by atoms with Gasteiger partial charge in [0.1, 0.15) is 5.82 Å². The van der Waals surface area contributed by atoms with Crippen LogP contribution in [0.2, 0.25) is 0 Å². The van der Waals surface area contributed by atoms with Gasteiger partial charge >= 0.3 is 0 Å². The minimum atomic E-state index is -0.244. The summed E-state index contributed by atoms with van der Waals surface area (Å²) >= 11 is 0. The van der Waals surface area contributed by atoms with Gasteiger partial charge in [-0.3, -0.25) is 4.98 Å². The van der Waals surface area contributed by atoms with Crippen LogP contribution in [-0.4, -0.2) is 9.97 Å². The summed E-state index contributed by atoms with van der Waals surface area (Å²) in [5.41, 5.74) is 5.42. The van der Waals surface area contributed by atoms with Gasteiger partial charge in [0.25, 0.3) is 0 Å². The van der Waals surface area contributed by atoms with Gasteiger partial charge in [0.2, 0.25) is 0 Å². The van der Waals surface area contributed by atoms with Crippen molar-refractivity contribution in [3.63, 3.8) is 0 Å². The van der Waals surface area contributed by atoms with E-state index in [-0.39, 0.29) is 5.82 Å². The third-order valence-corrected chi connectivity index (χ3v) is 4.00. The van der Waals surface area contributed by atoms with Gasteiger partial charge in [-0.05, 0) is 47.5 Å². The second-order valence-corrected chi connectivity index (χ2v) is 5.71. The third-order valence-electron chi connectivity index (χ3n) is 4.00. The summed E-state index contributed by atoms with van der Waals surface area (Å²) in [6.07, 6.45) is 1.75. The number of benzene rings is 2. The Bertz CT molecular complexity index is 924. The molecule has 0 unspecified atom stereocenters. The van der Waals surface area contributed by atoms with Crippen molar-refractivity contribution in [3.05, 3.63) is 96.9 Å². The molecule has 0 bridgehead atoms. The van der Waals surface area contributed by atoms with E-state index < -0.39 is 0 Å². The summed E-state index contributed by atoms with van der Waals surface area (Å²) in [5, 5.41) is 0. The summed E-state index contributed by atoms with van der Waals surface area (Å²) in [5.74, 6) is -0.244. The molecule has 0 aliphatic rings. The van der Waals surface area contributed by atoms with E-state index in [1.54, 1.807) is 18.3 Å². The zero-order chi connectivity index (χ0) is 17.1. The molecule has 25 heavy (non-hydrogen) atoms. The summed E-state index contributed by atoms with van der Waals surface area (Å²) in [6, 6.07) is 26.3. The molecule has 0 fully saturated rings. The standard InChI is InChI=1S/C22H15FN2/c23-19-11-9-16(10-12-19)18-14-21(17-6-2-1-3-7-17)25-22(15-18)20-8-4-5-13-24-20/h1-15H. The fourth-order valence-electron chi connectivity index (χ4n) is 2.74. The van der Waals surface area contributed by atoms with Crippen molar-refractivity contribution in [2.45, 2.75) is 0 Å². The number of pyridine rings is 2. The van der Waals surface area contributed by atoms with Crippen molar-refractivity contribution in [3.8, 4) is 33.8 Å². The molecule has 0 saturated heterocycles. The molecule has 3 heteroatoms. The lowest BCUT2D eigenvalue weighted by Crippen LogP contribution is -1.92. The number of nitrogens with zero attached hydrogens (tertiary/aromatic N) is 2. The molecule has 4 rings (SSSR count). The number of rotatable bonds is 3. The quantitative estimate of drug-likeness (QED) is 0.488. The maximum Gasteiger partial charge on any atom is 0.123 e. The molecule has 0 atom stereocenters. The molecule has 0 N–H and O–H groups in total. The smallest absolute Gasteiger partial charge is 0.123 e. The van der Waals surface area contributed by atoms with Crippen LogP contribution in [0.3, 0.4) is 0 Å². The Morgan fingerprint density at radius 2 is 1.28 bits per heavy atom. The lowest BCUT2D eigenvalue weighted by atomic mass is 10.0. The molecule has 0 aliphatic carbocycles. The van der Waals surface area contributed by atoms with Crippen molar-refractivity contribution >= 4 is 0 Å². The Kier molecular flexibility index (Phi) is 4.05.